The monoisotopic (exact) mass is 324 g/mol. The summed E-state index contributed by atoms with van der Waals surface area (Å²) < 4.78 is 29.0. The zero-order valence-electron chi connectivity index (χ0n) is 11.8. The van der Waals surface area contributed by atoms with Crippen LogP contribution in [0.15, 0.2) is 29.0 Å². The molecule has 10 heteroatoms. The van der Waals surface area contributed by atoms with Crippen molar-refractivity contribution in [1.29, 1.82) is 0 Å². The molecule has 9 nitrogen and oxygen atoms in total. The summed E-state index contributed by atoms with van der Waals surface area (Å²) >= 11 is 0. The van der Waals surface area contributed by atoms with Crippen LogP contribution in [0.3, 0.4) is 0 Å². The van der Waals surface area contributed by atoms with E-state index in [1.54, 1.807) is 24.5 Å². The highest BCUT2D eigenvalue weighted by Gasteiger charge is 2.24. The molecule has 1 saturated heterocycles. The molecule has 0 bridgehead atoms. The van der Waals surface area contributed by atoms with Gasteiger partial charge in [-0.1, -0.05) is 5.16 Å². The van der Waals surface area contributed by atoms with Crippen molar-refractivity contribution < 1.29 is 12.9 Å². The Balaban J connectivity index is 1.60. The number of hydrogen-bond donors (Lipinski definition) is 1. The van der Waals surface area contributed by atoms with E-state index >= 15 is 0 Å². The van der Waals surface area contributed by atoms with Crippen LogP contribution in [-0.4, -0.2) is 58.9 Å². The summed E-state index contributed by atoms with van der Waals surface area (Å²) in [6.07, 6.45) is 3.33. The Kier molecular flexibility index (Phi) is 4.16. The lowest BCUT2D eigenvalue weighted by atomic mass is 10.2. The predicted octanol–water partition coefficient (Wildman–Crippen LogP) is -0.547. The first kappa shape index (κ1) is 15.0. The summed E-state index contributed by atoms with van der Waals surface area (Å²) in [6.45, 7) is 2.36. The zero-order valence-corrected chi connectivity index (χ0v) is 12.6. The number of pyridine rings is 1. The van der Waals surface area contributed by atoms with E-state index in [9.17, 15) is 8.42 Å². The number of rotatable bonds is 4. The van der Waals surface area contributed by atoms with E-state index in [0.29, 0.717) is 44.4 Å². The van der Waals surface area contributed by atoms with E-state index in [2.05, 4.69) is 15.1 Å². The predicted molar refractivity (Wildman–Crippen MR) is 77.5 cm³/mol. The molecule has 3 rings (SSSR count). The average molecular weight is 324 g/mol. The van der Waals surface area contributed by atoms with Gasteiger partial charge in [0.05, 0.1) is 6.54 Å². The number of hydrogen-bond acceptors (Lipinski definition) is 7. The lowest BCUT2D eigenvalue weighted by Gasteiger charge is -2.31. The van der Waals surface area contributed by atoms with Crippen molar-refractivity contribution in [2.75, 3.05) is 26.2 Å². The Morgan fingerprint density at radius 2 is 1.86 bits per heavy atom. The quantitative estimate of drug-likeness (QED) is 0.801. The molecular formula is C12H16N6O3S. The van der Waals surface area contributed by atoms with Crippen molar-refractivity contribution in [3.8, 4) is 11.4 Å². The van der Waals surface area contributed by atoms with Gasteiger partial charge in [0, 0.05) is 44.1 Å². The largest absolute Gasteiger partial charge is 0.338 e. The molecule has 2 aromatic rings. The zero-order chi connectivity index (χ0) is 15.6. The minimum absolute atomic E-state index is 0.365. The van der Waals surface area contributed by atoms with Crippen LogP contribution in [-0.2, 0) is 16.8 Å². The van der Waals surface area contributed by atoms with E-state index < -0.39 is 10.2 Å². The number of aromatic nitrogens is 3. The first-order chi connectivity index (χ1) is 10.5. The standard InChI is InChI=1S/C12H16N6O3S/c13-22(19,20)18-7-5-17(6-8-18)9-11-15-12(16-21-11)10-1-3-14-4-2-10/h1-4H,5-9H2,(H2,13,19,20). The molecule has 1 fully saturated rings. The van der Waals surface area contributed by atoms with Gasteiger partial charge in [-0.15, -0.1) is 0 Å². The highest BCUT2D eigenvalue weighted by molar-refractivity contribution is 7.86. The smallest absolute Gasteiger partial charge is 0.276 e. The summed E-state index contributed by atoms with van der Waals surface area (Å²) in [5.74, 6) is 1.01. The topological polar surface area (TPSA) is 118 Å². The maximum atomic E-state index is 11.3. The second-order valence-corrected chi connectivity index (χ2v) is 6.51. The van der Waals surface area contributed by atoms with Crippen molar-refractivity contribution in [2.24, 2.45) is 5.14 Å². The fourth-order valence-electron chi connectivity index (χ4n) is 2.27. The van der Waals surface area contributed by atoms with Crippen LogP contribution in [0.5, 0.6) is 0 Å². The van der Waals surface area contributed by atoms with Gasteiger partial charge in [0.1, 0.15) is 0 Å². The van der Waals surface area contributed by atoms with Gasteiger partial charge in [-0.25, -0.2) is 5.14 Å². The van der Waals surface area contributed by atoms with Crippen LogP contribution in [0, 0.1) is 0 Å². The van der Waals surface area contributed by atoms with Gasteiger partial charge in [-0.2, -0.15) is 17.7 Å². The minimum atomic E-state index is -3.60. The number of nitrogens with zero attached hydrogens (tertiary/aromatic N) is 5. The molecule has 22 heavy (non-hydrogen) atoms. The van der Waals surface area contributed by atoms with Crippen LogP contribution < -0.4 is 5.14 Å². The lowest BCUT2D eigenvalue weighted by molar-refractivity contribution is 0.163. The first-order valence-corrected chi connectivity index (χ1v) is 8.26. The van der Waals surface area contributed by atoms with Gasteiger partial charge in [-0.05, 0) is 12.1 Å². The molecule has 0 aliphatic carbocycles. The minimum Gasteiger partial charge on any atom is -0.338 e. The maximum Gasteiger partial charge on any atom is 0.276 e. The Bertz CT molecular complexity index is 724. The highest BCUT2D eigenvalue weighted by atomic mass is 32.2. The van der Waals surface area contributed by atoms with Crippen LogP contribution >= 0.6 is 0 Å². The van der Waals surface area contributed by atoms with Crippen molar-refractivity contribution in [3.63, 3.8) is 0 Å². The summed E-state index contributed by atoms with van der Waals surface area (Å²) in [6, 6.07) is 3.61. The van der Waals surface area contributed by atoms with Gasteiger partial charge in [-0.3, -0.25) is 9.88 Å². The highest BCUT2D eigenvalue weighted by Crippen LogP contribution is 2.15. The second kappa shape index (κ2) is 6.08. The van der Waals surface area contributed by atoms with Crippen LogP contribution in [0.25, 0.3) is 11.4 Å². The van der Waals surface area contributed by atoms with Crippen LogP contribution in [0.1, 0.15) is 5.89 Å². The third-order valence-corrected chi connectivity index (χ3v) is 4.54. The third kappa shape index (κ3) is 3.47. The Hall–Kier alpha value is -1.88. The summed E-state index contributed by atoms with van der Waals surface area (Å²) in [5.41, 5.74) is 0.837. The SMILES string of the molecule is NS(=O)(=O)N1CCN(Cc2nc(-c3ccncc3)no2)CC1. The summed E-state index contributed by atoms with van der Waals surface area (Å²) in [4.78, 5) is 10.3. The molecule has 0 saturated carbocycles. The Morgan fingerprint density at radius 3 is 2.50 bits per heavy atom. The lowest BCUT2D eigenvalue weighted by Crippen LogP contribution is -2.50. The van der Waals surface area contributed by atoms with E-state index in [1.807, 2.05) is 4.90 Å². The molecule has 0 unspecified atom stereocenters. The Labute approximate surface area is 127 Å². The Morgan fingerprint density at radius 1 is 1.18 bits per heavy atom. The van der Waals surface area contributed by atoms with Gasteiger partial charge in [0.2, 0.25) is 11.7 Å². The molecule has 1 aliphatic rings. The van der Waals surface area contributed by atoms with Crippen LogP contribution in [0.4, 0.5) is 0 Å². The van der Waals surface area contributed by atoms with Crippen LogP contribution in [0.2, 0.25) is 0 Å². The number of piperazine rings is 1. The van der Waals surface area contributed by atoms with Gasteiger partial charge in [0.15, 0.2) is 0 Å². The average Bonchev–Trinajstić information content (AvgIpc) is 2.96. The molecule has 3 heterocycles. The maximum absolute atomic E-state index is 11.3. The van der Waals surface area contributed by atoms with E-state index in [4.69, 9.17) is 9.66 Å². The molecule has 1 aliphatic heterocycles. The fourth-order valence-corrected chi connectivity index (χ4v) is 2.94. The molecule has 0 spiro atoms. The van der Waals surface area contributed by atoms with Crippen molar-refractivity contribution >= 4 is 10.2 Å². The van der Waals surface area contributed by atoms with Crippen molar-refractivity contribution in [1.82, 2.24) is 24.3 Å². The molecule has 0 atom stereocenters. The molecule has 118 valence electrons. The van der Waals surface area contributed by atoms with Gasteiger partial charge >= 0.3 is 0 Å². The molecule has 0 amide bonds. The third-order valence-electron chi connectivity index (χ3n) is 3.46. The summed E-state index contributed by atoms with van der Waals surface area (Å²) in [5, 5.41) is 9.05. The summed E-state index contributed by atoms with van der Waals surface area (Å²) in [7, 11) is -3.60. The number of nitrogens with two attached hydrogens (primary N) is 1. The second-order valence-electron chi connectivity index (χ2n) is 4.97. The molecule has 2 aromatic heterocycles. The van der Waals surface area contributed by atoms with E-state index in [1.165, 1.54) is 4.31 Å². The molecule has 0 aromatic carbocycles. The van der Waals surface area contributed by atoms with E-state index in [-0.39, 0.29) is 0 Å². The fraction of sp³-hybridized carbons (Fsp3) is 0.417. The molecular weight excluding hydrogens is 308 g/mol. The van der Waals surface area contributed by atoms with E-state index in [0.717, 1.165) is 5.56 Å². The van der Waals surface area contributed by atoms with Crippen molar-refractivity contribution in [3.05, 3.63) is 30.4 Å². The van der Waals surface area contributed by atoms with Gasteiger partial charge < -0.3 is 4.52 Å². The van der Waals surface area contributed by atoms with Gasteiger partial charge in [0.25, 0.3) is 10.2 Å². The molecule has 0 radical (unpaired) electrons. The molecule has 2 N–H and O–H groups in total. The van der Waals surface area contributed by atoms with Crippen molar-refractivity contribution in [2.45, 2.75) is 6.54 Å². The normalized spacial score (nSPS) is 17.7. The first-order valence-electron chi connectivity index (χ1n) is 6.75.